The Bertz CT molecular complexity index is 492. The average molecular weight is 363 g/mol. The summed E-state index contributed by atoms with van der Waals surface area (Å²) in [4.78, 5) is 0. The van der Waals surface area contributed by atoms with E-state index >= 15 is 0 Å². The molecule has 1 N–H and O–H groups in total. The molecular formula is C22H38N2O2. The summed E-state index contributed by atoms with van der Waals surface area (Å²) in [6, 6.07) is 21.1. The predicted molar refractivity (Wildman–Crippen MR) is 109 cm³/mol. The fourth-order valence-electron chi connectivity index (χ4n) is 2.26. The molecular weight excluding hydrogens is 324 g/mol. The van der Waals surface area contributed by atoms with Gasteiger partial charge < -0.3 is 19.5 Å². The van der Waals surface area contributed by atoms with E-state index in [1.165, 1.54) is 11.1 Å². The van der Waals surface area contributed by atoms with Crippen molar-refractivity contribution in [1.29, 1.82) is 0 Å². The van der Waals surface area contributed by atoms with Gasteiger partial charge >= 0.3 is 0 Å². The number of nitrogens with zero attached hydrogens (tertiary/aromatic N) is 2. The Labute approximate surface area is 160 Å². The molecule has 2 rings (SSSR count). The minimum absolute atomic E-state index is 0. The Morgan fingerprint density at radius 1 is 0.615 bits per heavy atom. The van der Waals surface area contributed by atoms with Crippen LogP contribution in [0.1, 0.15) is 18.1 Å². The number of hydrogen-bond donors (Lipinski definition) is 0. The second kappa shape index (κ2) is 13.5. The lowest BCUT2D eigenvalue weighted by atomic mass is 10.2. The highest BCUT2D eigenvalue weighted by Crippen LogP contribution is 2.05. The minimum Gasteiger partial charge on any atom is -0.870 e. The van der Waals surface area contributed by atoms with E-state index in [4.69, 9.17) is 5.11 Å². The van der Waals surface area contributed by atoms with Gasteiger partial charge in [-0.1, -0.05) is 67.6 Å². The molecule has 0 fully saturated rings. The highest BCUT2D eigenvalue weighted by atomic mass is 16.2. The molecule has 0 saturated heterocycles. The Balaban J connectivity index is 0. The monoisotopic (exact) mass is 362 g/mol. The summed E-state index contributed by atoms with van der Waals surface area (Å²) in [5.74, 6) is 0. The summed E-state index contributed by atoms with van der Waals surface area (Å²) < 4.78 is 1.98. The van der Waals surface area contributed by atoms with Gasteiger partial charge in [-0.25, -0.2) is 0 Å². The van der Waals surface area contributed by atoms with Crippen molar-refractivity contribution in [3.63, 3.8) is 0 Å². The van der Waals surface area contributed by atoms with E-state index in [0.29, 0.717) is 0 Å². The number of quaternary nitrogens is 2. The molecule has 2 aromatic rings. The molecule has 0 aliphatic rings. The SMILES string of the molecule is CC[O-].C[N+](C)(C)Cc1ccccc1.C[N+](C)(C)Cc1ccccc1.[OH-]. The van der Waals surface area contributed by atoms with Gasteiger partial charge in [0, 0.05) is 11.1 Å². The first-order valence-corrected chi connectivity index (χ1v) is 8.84. The van der Waals surface area contributed by atoms with Gasteiger partial charge in [-0.2, -0.15) is 0 Å². The van der Waals surface area contributed by atoms with Crippen LogP contribution in [0.4, 0.5) is 0 Å². The third kappa shape index (κ3) is 17.1. The Morgan fingerprint density at radius 3 is 1.04 bits per heavy atom. The number of hydrogen-bond acceptors (Lipinski definition) is 2. The van der Waals surface area contributed by atoms with Crippen molar-refractivity contribution in [2.24, 2.45) is 0 Å². The van der Waals surface area contributed by atoms with Crippen molar-refractivity contribution in [3.8, 4) is 0 Å². The summed E-state index contributed by atoms with van der Waals surface area (Å²) in [5.41, 5.74) is 2.81. The first-order valence-electron chi connectivity index (χ1n) is 8.84. The van der Waals surface area contributed by atoms with Crippen LogP contribution in [0.25, 0.3) is 0 Å². The van der Waals surface area contributed by atoms with E-state index in [0.717, 1.165) is 22.1 Å². The molecule has 0 aromatic heterocycles. The Kier molecular flexibility index (Phi) is 13.7. The van der Waals surface area contributed by atoms with Crippen LogP contribution in [-0.4, -0.2) is 63.3 Å². The predicted octanol–water partition coefficient (Wildman–Crippen LogP) is 2.98. The second-order valence-corrected chi connectivity index (χ2v) is 8.16. The van der Waals surface area contributed by atoms with Crippen LogP contribution >= 0.6 is 0 Å². The molecule has 0 unspecified atom stereocenters. The molecule has 0 bridgehead atoms. The van der Waals surface area contributed by atoms with Gasteiger partial charge in [0.25, 0.3) is 0 Å². The molecule has 0 amide bonds. The molecule has 2 aromatic carbocycles. The third-order valence-corrected chi connectivity index (χ3v) is 3.00. The van der Waals surface area contributed by atoms with Gasteiger partial charge in [-0.3, -0.25) is 0 Å². The zero-order valence-corrected chi connectivity index (χ0v) is 17.6. The Morgan fingerprint density at radius 2 is 0.846 bits per heavy atom. The molecule has 0 spiro atoms. The van der Waals surface area contributed by atoms with E-state index in [1.54, 1.807) is 6.92 Å². The lowest BCUT2D eigenvalue weighted by molar-refractivity contribution is -0.884. The molecule has 0 heterocycles. The van der Waals surface area contributed by atoms with E-state index in [1.807, 2.05) is 0 Å². The quantitative estimate of drug-likeness (QED) is 0.785. The molecule has 26 heavy (non-hydrogen) atoms. The smallest absolute Gasteiger partial charge is 0.104 e. The van der Waals surface area contributed by atoms with Gasteiger partial charge in [0.05, 0.1) is 42.3 Å². The van der Waals surface area contributed by atoms with Crippen LogP contribution in [0.2, 0.25) is 0 Å². The molecule has 148 valence electrons. The summed E-state index contributed by atoms with van der Waals surface area (Å²) in [6.45, 7) is 3.77. The van der Waals surface area contributed by atoms with Gasteiger partial charge in [-0.05, 0) is 0 Å². The summed E-state index contributed by atoms with van der Waals surface area (Å²) in [5, 5.41) is 8.93. The molecule has 0 saturated carbocycles. The van der Waals surface area contributed by atoms with E-state index in [2.05, 4.69) is 103 Å². The molecule has 0 aliphatic heterocycles. The lowest BCUT2D eigenvalue weighted by Crippen LogP contribution is -2.33. The minimum atomic E-state index is 0. The van der Waals surface area contributed by atoms with Crippen LogP contribution in [0.5, 0.6) is 0 Å². The maximum atomic E-state index is 8.93. The Hall–Kier alpha value is -1.72. The first-order chi connectivity index (χ1) is 11.6. The van der Waals surface area contributed by atoms with Crippen molar-refractivity contribution in [2.75, 3.05) is 48.9 Å². The van der Waals surface area contributed by atoms with Gasteiger partial charge in [0.1, 0.15) is 13.1 Å². The average Bonchev–Trinajstić information content (AvgIpc) is 2.47. The number of rotatable bonds is 4. The summed E-state index contributed by atoms with van der Waals surface area (Å²) in [6.07, 6.45) is 0. The molecule has 0 aliphatic carbocycles. The van der Waals surface area contributed by atoms with Crippen molar-refractivity contribution < 1.29 is 19.5 Å². The maximum absolute atomic E-state index is 8.93. The van der Waals surface area contributed by atoms with E-state index in [-0.39, 0.29) is 12.1 Å². The first kappa shape index (κ1) is 26.5. The van der Waals surface area contributed by atoms with E-state index < -0.39 is 0 Å². The highest BCUT2D eigenvalue weighted by molar-refractivity contribution is 5.13. The number of benzene rings is 2. The summed E-state index contributed by atoms with van der Waals surface area (Å²) in [7, 11) is 13.2. The normalized spacial score (nSPS) is 10.5. The van der Waals surface area contributed by atoms with Crippen LogP contribution < -0.4 is 5.11 Å². The molecule has 4 heteroatoms. The van der Waals surface area contributed by atoms with Crippen LogP contribution in [0.15, 0.2) is 60.7 Å². The van der Waals surface area contributed by atoms with Crippen molar-refractivity contribution >= 4 is 0 Å². The van der Waals surface area contributed by atoms with Gasteiger partial charge in [0.2, 0.25) is 0 Å². The lowest BCUT2D eigenvalue weighted by Gasteiger charge is -2.23. The standard InChI is InChI=1S/2C10H16N.C2H5O.H2O/c2*1-11(2,3)9-10-7-5-4-6-8-10;1-2-3;/h2*4-8H,9H2,1-3H3;2H2,1H3;1H2/q2*+1;-1;/p-1. The van der Waals surface area contributed by atoms with Crippen molar-refractivity contribution in [2.45, 2.75) is 20.0 Å². The fourth-order valence-corrected chi connectivity index (χ4v) is 2.26. The third-order valence-electron chi connectivity index (χ3n) is 3.00. The van der Waals surface area contributed by atoms with Crippen molar-refractivity contribution in [3.05, 3.63) is 71.8 Å². The van der Waals surface area contributed by atoms with Crippen LogP contribution in [0, 0.1) is 0 Å². The molecule has 4 nitrogen and oxygen atoms in total. The van der Waals surface area contributed by atoms with Gasteiger partial charge in [0.15, 0.2) is 0 Å². The van der Waals surface area contributed by atoms with Crippen molar-refractivity contribution in [1.82, 2.24) is 0 Å². The largest absolute Gasteiger partial charge is 0.870 e. The fraction of sp³-hybridized carbons (Fsp3) is 0.455. The topological polar surface area (TPSA) is 53.1 Å². The maximum Gasteiger partial charge on any atom is 0.104 e. The van der Waals surface area contributed by atoms with Crippen LogP contribution in [0.3, 0.4) is 0 Å². The van der Waals surface area contributed by atoms with Gasteiger partial charge in [-0.15, -0.1) is 6.61 Å². The molecule has 0 radical (unpaired) electrons. The second-order valence-electron chi connectivity index (χ2n) is 8.16. The molecule has 0 atom stereocenters. The highest BCUT2D eigenvalue weighted by Gasteiger charge is 2.07. The zero-order chi connectivity index (χ0) is 19.3. The van der Waals surface area contributed by atoms with Crippen LogP contribution in [-0.2, 0) is 13.1 Å². The summed E-state index contributed by atoms with van der Waals surface area (Å²) >= 11 is 0. The zero-order valence-electron chi connectivity index (χ0n) is 17.6. The van der Waals surface area contributed by atoms with E-state index in [9.17, 15) is 0 Å².